The van der Waals surface area contributed by atoms with Crippen LogP contribution in [0.2, 0.25) is 0 Å². The van der Waals surface area contributed by atoms with E-state index in [0.29, 0.717) is 18.8 Å². The quantitative estimate of drug-likeness (QED) is 0.664. The van der Waals surface area contributed by atoms with Gasteiger partial charge < -0.3 is 14.1 Å². The average Bonchev–Trinajstić information content (AvgIpc) is 3.39. The van der Waals surface area contributed by atoms with Crippen LogP contribution < -0.4 is 4.74 Å². The molecule has 1 amide bonds. The van der Waals surface area contributed by atoms with E-state index in [4.69, 9.17) is 9.15 Å². The first kappa shape index (κ1) is 16.7. The summed E-state index contributed by atoms with van der Waals surface area (Å²) in [6.07, 6.45) is 3.51. The minimum Gasteiger partial charge on any atom is -0.497 e. The fourth-order valence-electron chi connectivity index (χ4n) is 2.86. The molecule has 0 unspecified atom stereocenters. The molecule has 0 radical (unpaired) electrons. The Morgan fingerprint density at radius 3 is 2.85 bits per heavy atom. The van der Waals surface area contributed by atoms with Crippen LogP contribution >= 0.6 is 11.8 Å². The van der Waals surface area contributed by atoms with Gasteiger partial charge in [0.2, 0.25) is 5.91 Å². The second-order valence-corrected chi connectivity index (χ2v) is 7.02. The summed E-state index contributed by atoms with van der Waals surface area (Å²) in [4.78, 5) is 14.0. The number of methoxy groups -OCH3 is 1. The number of thioether (sulfide) groups is 1. The first-order valence-corrected chi connectivity index (χ1v) is 9.24. The van der Waals surface area contributed by atoms with Gasteiger partial charge in [-0.2, -0.15) is 0 Å². The Bertz CT molecular complexity index is 876. The van der Waals surface area contributed by atoms with E-state index in [9.17, 15) is 4.79 Å². The van der Waals surface area contributed by atoms with Crippen LogP contribution in [-0.2, 0) is 17.9 Å². The largest absolute Gasteiger partial charge is 0.497 e. The van der Waals surface area contributed by atoms with Crippen molar-refractivity contribution >= 4 is 17.7 Å². The molecule has 0 saturated carbocycles. The van der Waals surface area contributed by atoms with E-state index < -0.39 is 0 Å². The molecule has 0 aliphatic carbocycles. The second kappa shape index (κ2) is 7.25. The lowest BCUT2D eigenvalue weighted by molar-refractivity contribution is -0.128. The number of nitrogens with zero attached hydrogens (tertiary/aromatic N) is 4. The molecule has 1 aromatic carbocycles. The molecule has 134 valence electrons. The Hall–Kier alpha value is -2.74. The average molecular weight is 370 g/mol. The first-order valence-electron chi connectivity index (χ1n) is 8.19. The highest BCUT2D eigenvalue weighted by atomic mass is 32.2. The van der Waals surface area contributed by atoms with Gasteiger partial charge in [0, 0.05) is 0 Å². The molecule has 1 fully saturated rings. The van der Waals surface area contributed by atoms with Gasteiger partial charge >= 0.3 is 0 Å². The summed E-state index contributed by atoms with van der Waals surface area (Å²) >= 11 is 1.56. The Kier molecular flexibility index (Phi) is 4.66. The first-order chi connectivity index (χ1) is 12.7. The minimum absolute atomic E-state index is 0.0844. The summed E-state index contributed by atoms with van der Waals surface area (Å²) in [5.74, 6) is 2.11. The molecule has 4 rings (SSSR count). The van der Waals surface area contributed by atoms with Gasteiger partial charge in [-0.3, -0.25) is 4.79 Å². The standard InChI is InChI=1S/C18H18N4O3S/c1-24-14-6-4-13(5-7-14)9-21-11-16(19-20-21)18-22(17(23)12-26-18)10-15-3-2-8-25-15/h2-8,11,18H,9-10,12H2,1H3/t18-/m1/s1. The van der Waals surface area contributed by atoms with E-state index in [1.165, 1.54) is 0 Å². The van der Waals surface area contributed by atoms with Crippen molar-refractivity contribution in [3.63, 3.8) is 0 Å². The third-order valence-electron chi connectivity index (χ3n) is 4.19. The molecular weight excluding hydrogens is 352 g/mol. The molecular formula is C18H18N4O3S. The number of benzene rings is 1. The van der Waals surface area contributed by atoms with E-state index in [0.717, 1.165) is 22.8 Å². The highest BCUT2D eigenvalue weighted by Crippen LogP contribution is 2.38. The molecule has 1 aliphatic heterocycles. The van der Waals surface area contributed by atoms with E-state index >= 15 is 0 Å². The fourth-order valence-corrected chi connectivity index (χ4v) is 3.98. The number of furan rings is 1. The summed E-state index contributed by atoms with van der Waals surface area (Å²) in [6.45, 7) is 1.05. The van der Waals surface area contributed by atoms with Gasteiger partial charge in [0.1, 0.15) is 22.6 Å². The lowest BCUT2D eigenvalue weighted by atomic mass is 10.2. The molecule has 0 bridgehead atoms. The van der Waals surface area contributed by atoms with Gasteiger partial charge in [-0.15, -0.1) is 16.9 Å². The Balaban J connectivity index is 1.48. The summed E-state index contributed by atoms with van der Waals surface area (Å²) < 4.78 is 12.3. The van der Waals surface area contributed by atoms with Crippen LogP contribution in [0.5, 0.6) is 5.75 Å². The number of rotatable bonds is 6. The fraction of sp³-hybridized carbons (Fsp3) is 0.278. The van der Waals surface area contributed by atoms with Crippen molar-refractivity contribution in [3.05, 3.63) is 65.9 Å². The number of carbonyl (C=O) groups is 1. The number of ether oxygens (including phenoxy) is 1. The van der Waals surface area contributed by atoms with Crippen LogP contribution in [0.3, 0.4) is 0 Å². The Morgan fingerprint density at radius 1 is 1.27 bits per heavy atom. The van der Waals surface area contributed by atoms with E-state index in [1.807, 2.05) is 42.6 Å². The van der Waals surface area contributed by atoms with Gasteiger partial charge in [-0.1, -0.05) is 17.3 Å². The summed E-state index contributed by atoms with van der Waals surface area (Å²) in [5.41, 5.74) is 1.88. The lowest BCUT2D eigenvalue weighted by Gasteiger charge is -2.20. The van der Waals surface area contributed by atoms with Crippen molar-refractivity contribution in [1.82, 2.24) is 19.9 Å². The molecule has 1 saturated heterocycles. The molecule has 2 aromatic heterocycles. The van der Waals surface area contributed by atoms with Gasteiger partial charge in [-0.05, 0) is 29.8 Å². The van der Waals surface area contributed by atoms with E-state index in [-0.39, 0.29) is 11.3 Å². The normalized spacial score (nSPS) is 17.0. The van der Waals surface area contributed by atoms with Crippen molar-refractivity contribution in [2.45, 2.75) is 18.5 Å². The number of amides is 1. The van der Waals surface area contributed by atoms with Crippen LogP contribution in [0.25, 0.3) is 0 Å². The highest BCUT2D eigenvalue weighted by Gasteiger charge is 2.35. The predicted octanol–water partition coefficient (Wildman–Crippen LogP) is 2.70. The van der Waals surface area contributed by atoms with Gasteiger partial charge in [0.15, 0.2) is 0 Å². The van der Waals surface area contributed by atoms with E-state index in [2.05, 4.69) is 10.3 Å². The zero-order valence-corrected chi connectivity index (χ0v) is 15.1. The Labute approximate surface area is 154 Å². The number of aromatic nitrogens is 3. The van der Waals surface area contributed by atoms with Crippen LogP contribution in [-0.4, -0.2) is 38.7 Å². The van der Waals surface area contributed by atoms with Crippen LogP contribution in [0.1, 0.15) is 22.4 Å². The Morgan fingerprint density at radius 2 is 2.12 bits per heavy atom. The molecule has 8 heteroatoms. The SMILES string of the molecule is COc1ccc(Cn2cc([C@H]3SCC(=O)N3Cc3ccco3)nn2)cc1. The molecule has 3 aromatic rings. The van der Waals surface area contributed by atoms with E-state index in [1.54, 1.807) is 34.7 Å². The lowest BCUT2D eigenvalue weighted by Crippen LogP contribution is -2.27. The summed E-state index contributed by atoms with van der Waals surface area (Å²) in [6, 6.07) is 11.5. The number of carbonyl (C=O) groups excluding carboxylic acids is 1. The molecule has 3 heterocycles. The van der Waals surface area contributed by atoms with Crippen LogP contribution in [0.4, 0.5) is 0 Å². The molecule has 1 aliphatic rings. The maximum Gasteiger partial charge on any atom is 0.234 e. The molecule has 1 atom stereocenters. The van der Waals surface area contributed by atoms with Crippen LogP contribution in [0, 0.1) is 0 Å². The zero-order chi connectivity index (χ0) is 17.9. The topological polar surface area (TPSA) is 73.4 Å². The van der Waals surface area contributed by atoms with Gasteiger partial charge in [0.25, 0.3) is 0 Å². The molecule has 0 spiro atoms. The summed E-state index contributed by atoms with van der Waals surface area (Å²) in [5, 5.41) is 8.36. The van der Waals surface area contributed by atoms with Crippen LogP contribution in [0.15, 0.2) is 53.3 Å². The van der Waals surface area contributed by atoms with Crippen molar-refractivity contribution in [2.75, 3.05) is 12.9 Å². The third-order valence-corrected chi connectivity index (χ3v) is 5.41. The van der Waals surface area contributed by atoms with Crippen molar-refractivity contribution < 1.29 is 13.9 Å². The van der Waals surface area contributed by atoms with Crippen molar-refractivity contribution in [1.29, 1.82) is 0 Å². The number of hydrogen-bond donors (Lipinski definition) is 0. The molecule has 7 nitrogen and oxygen atoms in total. The zero-order valence-electron chi connectivity index (χ0n) is 14.2. The highest BCUT2D eigenvalue weighted by molar-refractivity contribution is 8.00. The number of hydrogen-bond acceptors (Lipinski definition) is 6. The van der Waals surface area contributed by atoms with Gasteiger partial charge in [-0.25, -0.2) is 4.68 Å². The summed E-state index contributed by atoms with van der Waals surface area (Å²) in [7, 11) is 1.65. The third kappa shape index (κ3) is 3.45. The monoisotopic (exact) mass is 370 g/mol. The molecule has 0 N–H and O–H groups in total. The van der Waals surface area contributed by atoms with Gasteiger partial charge in [0.05, 0.1) is 38.4 Å². The second-order valence-electron chi connectivity index (χ2n) is 5.95. The molecule has 26 heavy (non-hydrogen) atoms. The predicted molar refractivity (Wildman–Crippen MR) is 96.6 cm³/mol. The van der Waals surface area contributed by atoms with Crippen molar-refractivity contribution in [2.24, 2.45) is 0 Å². The minimum atomic E-state index is -0.141. The maximum atomic E-state index is 12.2. The smallest absolute Gasteiger partial charge is 0.234 e. The maximum absolute atomic E-state index is 12.2. The van der Waals surface area contributed by atoms with Crippen molar-refractivity contribution in [3.8, 4) is 5.75 Å².